The van der Waals surface area contributed by atoms with Crippen LogP contribution in [-0.4, -0.2) is 43.2 Å². The molecule has 1 aliphatic rings. The highest BCUT2D eigenvalue weighted by atomic mass is 19.1. The average Bonchev–Trinajstić information content (AvgIpc) is 2.88. The van der Waals surface area contributed by atoms with Crippen molar-refractivity contribution in [2.24, 2.45) is 0 Å². The zero-order valence-corrected chi connectivity index (χ0v) is 14.8. The minimum Gasteiger partial charge on any atom is -0.486 e. The molecule has 0 spiro atoms. The van der Waals surface area contributed by atoms with Gasteiger partial charge in [-0.25, -0.2) is 14.1 Å². The summed E-state index contributed by atoms with van der Waals surface area (Å²) in [6.45, 7) is 0.510. The predicted molar refractivity (Wildman–Crippen MR) is 92.3 cm³/mol. The molecular formula is C18H21FN4O4. The van der Waals surface area contributed by atoms with Crippen molar-refractivity contribution in [2.45, 2.75) is 45.4 Å². The molecule has 0 aliphatic carbocycles. The molecule has 1 saturated heterocycles. The van der Waals surface area contributed by atoms with Crippen molar-refractivity contribution in [1.29, 1.82) is 0 Å². The van der Waals surface area contributed by atoms with E-state index >= 15 is 0 Å². The number of aliphatic carboxylic acids is 1. The minimum atomic E-state index is -1.05. The van der Waals surface area contributed by atoms with E-state index in [4.69, 9.17) is 9.84 Å². The van der Waals surface area contributed by atoms with Crippen molar-refractivity contribution in [3.05, 3.63) is 41.7 Å². The van der Waals surface area contributed by atoms with Gasteiger partial charge in [0, 0.05) is 13.0 Å². The summed E-state index contributed by atoms with van der Waals surface area (Å²) in [7, 11) is 0. The lowest BCUT2D eigenvalue weighted by Gasteiger charge is -2.19. The van der Waals surface area contributed by atoms with Gasteiger partial charge in [0.1, 0.15) is 30.5 Å². The van der Waals surface area contributed by atoms with Crippen molar-refractivity contribution in [2.75, 3.05) is 6.54 Å². The van der Waals surface area contributed by atoms with Gasteiger partial charge < -0.3 is 14.7 Å². The van der Waals surface area contributed by atoms with Gasteiger partial charge in [0.25, 0.3) is 0 Å². The Hall–Kier alpha value is -2.97. The summed E-state index contributed by atoms with van der Waals surface area (Å²) in [6, 6.07) is 5.53. The first-order valence-electron chi connectivity index (χ1n) is 8.82. The Labute approximate surface area is 155 Å². The van der Waals surface area contributed by atoms with Crippen molar-refractivity contribution >= 4 is 11.9 Å². The minimum absolute atomic E-state index is 0.0131. The Balaban J connectivity index is 1.72. The van der Waals surface area contributed by atoms with E-state index < -0.39 is 5.97 Å². The lowest BCUT2D eigenvalue weighted by atomic mass is 10.2. The summed E-state index contributed by atoms with van der Waals surface area (Å²) in [5, 5.41) is 13.3. The van der Waals surface area contributed by atoms with E-state index in [-0.39, 0.29) is 31.4 Å². The van der Waals surface area contributed by atoms with Gasteiger partial charge in [0.05, 0.1) is 6.54 Å². The van der Waals surface area contributed by atoms with Crippen molar-refractivity contribution in [1.82, 2.24) is 19.7 Å². The SMILES string of the molecule is O=C(O)Cn1nc(COc2ccc(F)cc2)nc1CN1CCCCCC1=O. The number of carbonyl (C=O) groups is 2. The first kappa shape index (κ1) is 18.8. The number of nitrogens with zero attached hydrogens (tertiary/aromatic N) is 4. The quantitative estimate of drug-likeness (QED) is 0.794. The molecule has 8 nitrogen and oxygen atoms in total. The standard InChI is InChI=1S/C18H21FN4O4/c19-13-5-7-14(8-6-13)27-12-15-20-16(23(21-15)11-18(25)26)10-22-9-3-1-2-4-17(22)24/h5-8H,1-4,9-12H2,(H,25,26). The van der Waals surface area contributed by atoms with Gasteiger partial charge in [0.2, 0.25) is 5.91 Å². The monoisotopic (exact) mass is 376 g/mol. The van der Waals surface area contributed by atoms with Crippen molar-refractivity contribution in [3.63, 3.8) is 0 Å². The van der Waals surface area contributed by atoms with E-state index in [2.05, 4.69) is 10.1 Å². The number of ether oxygens (including phenoxy) is 1. The zero-order valence-electron chi connectivity index (χ0n) is 14.8. The number of hydrogen-bond acceptors (Lipinski definition) is 5. The number of carboxylic acids is 1. The third-order valence-electron chi connectivity index (χ3n) is 4.26. The number of rotatable bonds is 7. The summed E-state index contributed by atoms with van der Waals surface area (Å²) in [6.07, 6.45) is 3.28. The van der Waals surface area contributed by atoms with Crippen LogP contribution in [0.25, 0.3) is 0 Å². The summed E-state index contributed by atoms with van der Waals surface area (Å²) in [4.78, 5) is 29.4. The number of aromatic nitrogens is 3. The lowest BCUT2D eigenvalue weighted by molar-refractivity contribution is -0.138. The van der Waals surface area contributed by atoms with Gasteiger partial charge in [-0.2, -0.15) is 5.10 Å². The highest BCUT2D eigenvalue weighted by molar-refractivity contribution is 5.76. The fourth-order valence-electron chi connectivity index (χ4n) is 2.91. The maximum Gasteiger partial charge on any atom is 0.325 e. The normalized spacial score (nSPS) is 14.9. The van der Waals surface area contributed by atoms with Crippen LogP contribution in [0.4, 0.5) is 4.39 Å². The van der Waals surface area contributed by atoms with Crippen LogP contribution in [0.1, 0.15) is 37.3 Å². The molecular weight excluding hydrogens is 355 g/mol. The molecule has 0 radical (unpaired) electrons. The van der Waals surface area contributed by atoms with E-state index in [1.807, 2.05) is 0 Å². The Morgan fingerprint density at radius 3 is 2.74 bits per heavy atom. The van der Waals surface area contributed by atoms with Gasteiger partial charge in [-0.15, -0.1) is 0 Å². The van der Waals surface area contributed by atoms with E-state index in [1.54, 1.807) is 4.90 Å². The Kier molecular flexibility index (Phi) is 6.00. The zero-order chi connectivity index (χ0) is 19.2. The van der Waals surface area contributed by atoms with Gasteiger partial charge >= 0.3 is 5.97 Å². The first-order valence-corrected chi connectivity index (χ1v) is 8.82. The summed E-state index contributed by atoms with van der Waals surface area (Å²) in [5.74, 6) is -0.204. The lowest BCUT2D eigenvalue weighted by Crippen LogP contribution is -2.31. The maximum absolute atomic E-state index is 12.9. The summed E-state index contributed by atoms with van der Waals surface area (Å²) < 4.78 is 19.7. The van der Waals surface area contributed by atoms with E-state index in [0.29, 0.717) is 30.4 Å². The van der Waals surface area contributed by atoms with Gasteiger partial charge in [-0.3, -0.25) is 9.59 Å². The summed E-state index contributed by atoms with van der Waals surface area (Å²) >= 11 is 0. The number of likely N-dealkylation sites (tertiary alicyclic amines) is 1. The van der Waals surface area contributed by atoms with Crippen LogP contribution in [0.2, 0.25) is 0 Å². The topological polar surface area (TPSA) is 97.5 Å². The van der Waals surface area contributed by atoms with E-state index in [0.717, 1.165) is 19.3 Å². The van der Waals surface area contributed by atoms with Gasteiger partial charge in [0.15, 0.2) is 5.82 Å². The molecule has 2 heterocycles. The van der Waals surface area contributed by atoms with Crippen LogP contribution < -0.4 is 4.74 Å². The number of amides is 1. The number of hydrogen-bond donors (Lipinski definition) is 1. The van der Waals surface area contributed by atoms with Crippen LogP contribution in [0.5, 0.6) is 5.75 Å². The predicted octanol–water partition coefficient (Wildman–Crippen LogP) is 1.98. The van der Waals surface area contributed by atoms with Crippen LogP contribution in [-0.2, 0) is 29.3 Å². The molecule has 1 N–H and O–H groups in total. The molecule has 0 saturated carbocycles. The summed E-state index contributed by atoms with van der Waals surface area (Å²) in [5.41, 5.74) is 0. The highest BCUT2D eigenvalue weighted by Crippen LogP contribution is 2.15. The average molecular weight is 376 g/mol. The molecule has 9 heteroatoms. The smallest absolute Gasteiger partial charge is 0.325 e. The molecule has 0 atom stereocenters. The number of carbonyl (C=O) groups excluding carboxylic acids is 1. The number of carboxylic acid groups (broad SMARTS) is 1. The number of halogens is 1. The molecule has 2 aromatic rings. The Morgan fingerprint density at radius 1 is 1.22 bits per heavy atom. The molecule has 144 valence electrons. The van der Waals surface area contributed by atoms with Crippen LogP contribution in [0.15, 0.2) is 24.3 Å². The molecule has 1 fully saturated rings. The molecule has 1 amide bonds. The molecule has 0 unspecified atom stereocenters. The fourth-order valence-corrected chi connectivity index (χ4v) is 2.91. The Bertz CT molecular complexity index is 806. The molecule has 3 rings (SSSR count). The van der Waals surface area contributed by atoms with Crippen LogP contribution in [0.3, 0.4) is 0 Å². The fraction of sp³-hybridized carbons (Fsp3) is 0.444. The highest BCUT2D eigenvalue weighted by Gasteiger charge is 2.21. The maximum atomic E-state index is 12.9. The van der Waals surface area contributed by atoms with Crippen molar-refractivity contribution < 1.29 is 23.8 Å². The van der Waals surface area contributed by atoms with Gasteiger partial charge in [-0.1, -0.05) is 6.42 Å². The second kappa shape index (κ2) is 8.61. The molecule has 1 aromatic carbocycles. The molecule has 0 bridgehead atoms. The third-order valence-corrected chi connectivity index (χ3v) is 4.26. The Morgan fingerprint density at radius 2 is 2.00 bits per heavy atom. The molecule has 1 aliphatic heterocycles. The first-order chi connectivity index (χ1) is 13.0. The largest absolute Gasteiger partial charge is 0.486 e. The second-order valence-corrected chi connectivity index (χ2v) is 6.36. The second-order valence-electron chi connectivity index (χ2n) is 6.36. The van der Waals surface area contributed by atoms with Gasteiger partial charge in [-0.05, 0) is 37.1 Å². The van der Waals surface area contributed by atoms with E-state index in [1.165, 1.54) is 28.9 Å². The molecule has 1 aromatic heterocycles. The number of benzene rings is 1. The van der Waals surface area contributed by atoms with Crippen molar-refractivity contribution in [3.8, 4) is 5.75 Å². The molecule has 27 heavy (non-hydrogen) atoms. The van der Waals surface area contributed by atoms with Crippen LogP contribution in [0, 0.1) is 5.82 Å². The third kappa shape index (κ3) is 5.25. The van der Waals surface area contributed by atoms with Crippen LogP contribution >= 0.6 is 0 Å². The van der Waals surface area contributed by atoms with E-state index in [9.17, 15) is 14.0 Å².